The van der Waals surface area contributed by atoms with Crippen LogP contribution in [0.25, 0.3) is 22.2 Å². The number of aromatic amines is 1. The predicted molar refractivity (Wildman–Crippen MR) is 124 cm³/mol. The first-order chi connectivity index (χ1) is 15.6. The number of pyridine rings is 2. The van der Waals surface area contributed by atoms with E-state index >= 15 is 0 Å². The lowest BCUT2D eigenvalue weighted by molar-refractivity contribution is 0.233. The van der Waals surface area contributed by atoms with Gasteiger partial charge < -0.3 is 10.3 Å². The zero-order valence-electron chi connectivity index (χ0n) is 17.8. The van der Waals surface area contributed by atoms with Crippen LogP contribution < -0.4 is 5.32 Å². The molecule has 0 saturated carbocycles. The minimum absolute atomic E-state index is 0.328. The van der Waals surface area contributed by atoms with Gasteiger partial charge in [0.1, 0.15) is 5.82 Å². The molecule has 4 aromatic rings. The number of halogens is 2. The summed E-state index contributed by atoms with van der Waals surface area (Å²) in [7, 11) is 0. The number of nitrogens with one attached hydrogen (secondary N) is 2. The molecule has 4 heterocycles. The summed E-state index contributed by atoms with van der Waals surface area (Å²) in [5.41, 5.74) is 5.53. The van der Waals surface area contributed by atoms with Crippen molar-refractivity contribution in [1.82, 2.24) is 30.2 Å². The topological polar surface area (TPSA) is 69.7 Å². The zero-order chi connectivity index (χ0) is 22.1. The lowest BCUT2D eigenvalue weighted by Crippen LogP contribution is -2.42. The number of benzene rings is 1. The molecule has 0 aliphatic carbocycles. The van der Waals surface area contributed by atoms with Gasteiger partial charge in [0.25, 0.3) is 0 Å². The molecule has 8 heteroatoms. The summed E-state index contributed by atoms with van der Waals surface area (Å²) in [5.74, 6) is 0.381. The number of hydrogen-bond acceptors (Lipinski definition) is 5. The Morgan fingerprint density at radius 2 is 1.97 bits per heavy atom. The van der Waals surface area contributed by atoms with E-state index in [0.717, 1.165) is 55.3 Å². The number of piperazine rings is 1. The fourth-order valence-electron chi connectivity index (χ4n) is 4.15. The maximum absolute atomic E-state index is 14.4. The van der Waals surface area contributed by atoms with Crippen molar-refractivity contribution in [2.75, 3.05) is 26.2 Å². The summed E-state index contributed by atoms with van der Waals surface area (Å²) >= 11 is 6.34. The molecular weight excluding hydrogens is 427 g/mol. The van der Waals surface area contributed by atoms with Gasteiger partial charge in [-0.05, 0) is 42.3 Å². The predicted octanol–water partition coefficient (Wildman–Crippen LogP) is 4.12. The van der Waals surface area contributed by atoms with E-state index in [1.54, 1.807) is 6.92 Å². The molecule has 0 unspecified atom stereocenters. The highest BCUT2D eigenvalue weighted by Crippen LogP contribution is 2.33. The lowest BCUT2D eigenvalue weighted by atomic mass is 10.0. The fraction of sp³-hybridized carbons (Fsp3) is 0.292. The van der Waals surface area contributed by atoms with Gasteiger partial charge >= 0.3 is 0 Å². The third-order valence-corrected chi connectivity index (χ3v) is 6.27. The number of H-pyrrole nitrogens is 1. The van der Waals surface area contributed by atoms with Gasteiger partial charge in [-0.25, -0.2) is 9.37 Å². The molecule has 1 saturated heterocycles. The molecule has 0 radical (unpaired) electrons. The Morgan fingerprint density at radius 1 is 1.12 bits per heavy atom. The molecule has 1 aliphatic heterocycles. The van der Waals surface area contributed by atoms with E-state index in [-0.39, 0.29) is 0 Å². The molecule has 0 spiro atoms. The van der Waals surface area contributed by atoms with Crippen LogP contribution in [0, 0.1) is 12.7 Å². The van der Waals surface area contributed by atoms with Gasteiger partial charge in [0, 0.05) is 56.6 Å². The quantitative estimate of drug-likeness (QED) is 0.478. The molecule has 6 nitrogen and oxygen atoms in total. The summed E-state index contributed by atoms with van der Waals surface area (Å²) in [6.07, 6.45) is 3.67. The Hall–Kier alpha value is -2.87. The first-order valence-corrected chi connectivity index (χ1v) is 11.1. The minimum atomic E-state index is -0.440. The molecule has 0 amide bonds. The molecule has 0 atom stereocenters. The highest BCUT2D eigenvalue weighted by atomic mass is 35.5. The van der Waals surface area contributed by atoms with Gasteiger partial charge in [-0.2, -0.15) is 0 Å². The van der Waals surface area contributed by atoms with Crippen molar-refractivity contribution in [3.05, 3.63) is 76.3 Å². The van der Waals surface area contributed by atoms with E-state index in [9.17, 15) is 4.39 Å². The maximum atomic E-state index is 14.4. The number of fused-ring (bicyclic) bond motifs is 1. The number of aromatic nitrogens is 4. The Morgan fingerprint density at radius 3 is 2.81 bits per heavy atom. The summed E-state index contributed by atoms with van der Waals surface area (Å²) in [6, 6.07) is 9.82. The summed E-state index contributed by atoms with van der Waals surface area (Å²) in [5, 5.41) is 3.71. The smallest absolute Gasteiger partial charge is 0.150 e. The van der Waals surface area contributed by atoms with Crippen molar-refractivity contribution in [3.8, 4) is 11.1 Å². The first-order valence-electron chi connectivity index (χ1n) is 10.7. The SMILES string of the molecule is Cc1ncc(F)c(-c2ccc3nc(Cc4cc(CN5CCNCC5)ccn4)[nH]c3c2)c1Cl. The second-order valence-electron chi connectivity index (χ2n) is 8.15. The molecule has 0 bridgehead atoms. The summed E-state index contributed by atoms with van der Waals surface area (Å²) in [6.45, 7) is 6.89. The average Bonchev–Trinajstić information content (AvgIpc) is 3.19. The largest absolute Gasteiger partial charge is 0.342 e. The van der Waals surface area contributed by atoms with E-state index in [1.165, 1.54) is 11.8 Å². The van der Waals surface area contributed by atoms with Crippen LogP contribution in [0.2, 0.25) is 5.02 Å². The van der Waals surface area contributed by atoms with E-state index < -0.39 is 5.82 Å². The van der Waals surface area contributed by atoms with Crippen LogP contribution >= 0.6 is 11.6 Å². The number of hydrogen-bond donors (Lipinski definition) is 2. The van der Waals surface area contributed by atoms with Gasteiger partial charge in [-0.15, -0.1) is 0 Å². The third-order valence-electron chi connectivity index (χ3n) is 5.81. The normalized spacial score (nSPS) is 14.8. The maximum Gasteiger partial charge on any atom is 0.150 e. The van der Waals surface area contributed by atoms with Crippen molar-refractivity contribution in [3.63, 3.8) is 0 Å². The van der Waals surface area contributed by atoms with Crippen LogP contribution in [0.3, 0.4) is 0 Å². The molecule has 3 aromatic heterocycles. The second-order valence-corrected chi connectivity index (χ2v) is 8.53. The first kappa shape index (κ1) is 21.0. The summed E-state index contributed by atoms with van der Waals surface area (Å²) < 4.78 is 14.4. The van der Waals surface area contributed by atoms with Crippen molar-refractivity contribution in [1.29, 1.82) is 0 Å². The van der Waals surface area contributed by atoms with Crippen LogP contribution in [-0.4, -0.2) is 51.0 Å². The van der Waals surface area contributed by atoms with Crippen molar-refractivity contribution < 1.29 is 4.39 Å². The molecular formula is C24H24ClFN6. The molecule has 32 heavy (non-hydrogen) atoms. The van der Waals surface area contributed by atoms with Crippen molar-refractivity contribution >= 4 is 22.6 Å². The van der Waals surface area contributed by atoms with E-state index in [0.29, 0.717) is 28.3 Å². The van der Waals surface area contributed by atoms with E-state index in [1.807, 2.05) is 24.4 Å². The lowest BCUT2D eigenvalue weighted by Gasteiger charge is -2.27. The third kappa shape index (κ3) is 4.37. The van der Waals surface area contributed by atoms with Crippen LogP contribution in [-0.2, 0) is 13.0 Å². The Kier molecular flexibility index (Phi) is 5.87. The monoisotopic (exact) mass is 450 g/mol. The van der Waals surface area contributed by atoms with E-state index in [2.05, 4.69) is 37.3 Å². The molecule has 2 N–H and O–H groups in total. The Labute approximate surface area is 190 Å². The van der Waals surface area contributed by atoms with Crippen molar-refractivity contribution in [2.24, 2.45) is 0 Å². The van der Waals surface area contributed by atoms with Crippen molar-refractivity contribution in [2.45, 2.75) is 19.9 Å². The van der Waals surface area contributed by atoms with Crippen LogP contribution in [0.1, 0.15) is 22.8 Å². The van der Waals surface area contributed by atoms with Crippen LogP contribution in [0.15, 0.2) is 42.7 Å². The molecule has 5 rings (SSSR count). The van der Waals surface area contributed by atoms with Gasteiger partial charge in [-0.3, -0.25) is 14.9 Å². The number of aryl methyl sites for hydroxylation is 1. The van der Waals surface area contributed by atoms with Gasteiger partial charge in [0.15, 0.2) is 5.82 Å². The fourth-order valence-corrected chi connectivity index (χ4v) is 4.40. The Bertz CT molecular complexity index is 1260. The Balaban J connectivity index is 1.38. The van der Waals surface area contributed by atoms with Gasteiger partial charge in [0.05, 0.1) is 27.9 Å². The molecule has 1 aliphatic rings. The van der Waals surface area contributed by atoms with Crippen LogP contribution in [0.4, 0.5) is 4.39 Å². The number of rotatable bonds is 5. The van der Waals surface area contributed by atoms with E-state index in [4.69, 9.17) is 16.6 Å². The zero-order valence-corrected chi connectivity index (χ0v) is 18.6. The standard InChI is InChI=1S/C24H24ClFN6/c1-15-24(25)23(19(26)13-29-15)17-2-3-20-21(11-17)31-22(30-20)12-18-10-16(4-5-28-18)14-32-8-6-27-7-9-32/h2-5,10-11,13,27H,6-9,12,14H2,1H3,(H,30,31). The summed E-state index contributed by atoms with van der Waals surface area (Å²) in [4.78, 5) is 19.0. The van der Waals surface area contributed by atoms with Gasteiger partial charge in [-0.1, -0.05) is 17.7 Å². The molecule has 1 aromatic carbocycles. The molecule has 1 fully saturated rings. The number of nitrogens with zero attached hydrogens (tertiary/aromatic N) is 4. The minimum Gasteiger partial charge on any atom is -0.342 e. The average molecular weight is 451 g/mol. The highest BCUT2D eigenvalue weighted by Gasteiger charge is 2.15. The highest BCUT2D eigenvalue weighted by molar-refractivity contribution is 6.34. The van der Waals surface area contributed by atoms with Gasteiger partial charge in [0.2, 0.25) is 0 Å². The molecule has 164 valence electrons. The number of imidazole rings is 1. The second kappa shape index (κ2) is 8.94. The van der Waals surface area contributed by atoms with Crippen LogP contribution in [0.5, 0.6) is 0 Å².